The van der Waals surface area contributed by atoms with Gasteiger partial charge in [-0.2, -0.15) is 0 Å². The van der Waals surface area contributed by atoms with Gasteiger partial charge in [-0.25, -0.2) is 4.39 Å². The molecule has 0 saturated carbocycles. The third-order valence-corrected chi connectivity index (χ3v) is 4.92. The summed E-state index contributed by atoms with van der Waals surface area (Å²) < 4.78 is 12.9. The van der Waals surface area contributed by atoms with Crippen LogP contribution in [-0.4, -0.2) is 54.3 Å². The van der Waals surface area contributed by atoms with Crippen LogP contribution in [0.1, 0.15) is 28.8 Å². The number of hydrogen-bond donors (Lipinski definition) is 1. The molecule has 1 heterocycles. The van der Waals surface area contributed by atoms with Crippen molar-refractivity contribution in [2.45, 2.75) is 19.4 Å². The van der Waals surface area contributed by atoms with Gasteiger partial charge in [-0.15, -0.1) is 0 Å². The van der Waals surface area contributed by atoms with Crippen molar-refractivity contribution in [3.8, 4) is 0 Å². The van der Waals surface area contributed by atoms with Crippen LogP contribution in [0.4, 0.5) is 4.39 Å². The molecule has 2 amide bonds. The molecule has 3 rings (SSSR count). The van der Waals surface area contributed by atoms with E-state index in [-0.39, 0.29) is 30.6 Å². The Kier molecular flexibility index (Phi) is 7.14. The van der Waals surface area contributed by atoms with Crippen LogP contribution in [-0.2, 0) is 11.3 Å². The molecule has 0 aliphatic carbocycles. The zero-order valence-electron chi connectivity index (χ0n) is 15.9. The first-order chi connectivity index (χ1) is 13.6. The highest BCUT2D eigenvalue weighted by molar-refractivity contribution is 5.94. The molecule has 1 aliphatic heterocycles. The van der Waals surface area contributed by atoms with Crippen LogP contribution < -0.4 is 5.32 Å². The van der Waals surface area contributed by atoms with E-state index >= 15 is 0 Å². The zero-order chi connectivity index (χ0) is 19.8. The van der Waals surface area contributed by atoms with Crippen LogP contribution >= 0.6 is 0 Å². The summed E-state index contributed by atoms with van der Waals surface area (Å²) in [4.78, 5) is 28.8. The lowest BCUT2D eigenvalue weighted by Crippen LogP contribution is -2.37. The standard InChI is InChI=1S/C22H26FN3O2/c23-20-9-7-19(8-10-20)22(28)24-12-11-21(27)26-14-4-13-25(15-16-26)17-18-5-2-1-3-6-18/h1-3,5-10H,4,11-17H2,(H,24,28). The van der Waals surface area contributed by atoms with Gasteiger partial charge in [-0.05, 0) is 36.2 Å². The molecule has 0 radical (unpaired) electrons. The Morgan fingerprint density at radius 2 is 1.68 bits per heavy atom. The Balaban J connectivity index is 1.41. The normalized spacial score (nSPS) is 15.1. The number of carbonyl (C=O) groups excluding carboxylic acids is 2. The molecule has 148 valence electrons. The molecule has 1 aliphatic rings. The molecule has 0 atom stereocenters. The summed E-state index contributed by atoms with van der Waals surface area (Å²) in [5.41, 5.74) is 1.67. The van der Waals surface area contributed by atoms with Gasteiger partial charge in [0.1, 0.15) is 5.82 Å². The topological polar surface area (TPSA) is 52.7 Å². The van der Waals surface area contributed by atoms with Gasteiger partial charge in [0.25, 0.3) is 5.91 Å². The predicted octanol–water partition coefficient (Wildman–Crippen LogP) is 2.68. The smallest absolute Gasteiger partial charge is 0.251 e. The largest absolute Gasteiger partial charge is 0.352 e. The molecule has 6 heteroatoms. The van der Waals surface area contributed by atoms with E-state index in [4.69, 9.17) is 0 Å². The molecule has 0 bridgehead atoms. The number of amides is 2. The molecule has 0 aromatic heterocycles. The van der Waals surface area contributed by atoms with Crippen molar-refractivity contribution in [3.05, 3.63) is 71.5 Å². The molecule has 1 saturated heterocycles. The third-order valence-electron chi connectivity index (χ3n) is 4.92. The van der Waals surface area contributed by atoms with Crippen LogP contribution in [0.5, 0.6) is 0 Å². The van der Waals surface area contributed by atoms with Gasteiger partial charge < -0.3 is 10.2 Å². The Morgan fingerprint density at radius 3 is 2.43 bits per heavy atom. The summed E-state index contributed by atoms with van der Waals surface area (Å²) in [5, 5.41) is 2.73. The van der Waals surface area contributed by atoms with Gasteiger partial charge in [0.15, 0.2) is 0 Å². The highest BCUT2D eigenvalue weighted by atomic mass is 19.1. The van der Waals surface area contributed by atoms with E-state index in [1.807, 2.05) is 23.1 Å². The molecule has 0 unspecified atom stereocenters. The van der Waals surface area contributed by atoms with Crippen LogP contribution in [0.25, 0.3) is 0 Å². The molecular formula is C22H26FN3O2. The monoisotopic (exact) mass is 383 g/mol. The fourth-order valence-electron chi connectivity index (χ4n) is 3.36. The quantitative estimate of drug-likeness (QED) is 0.835. The average Bonchev–Trinajstić information content (AvgIpc) is 2.95. The SMILES string of the molecule is O=C(NCCC(=O)N1CCCN(Cc2ccccc2)CC1)c1ccc(F)cc1. The average molecular weight is 383 g/mol. The van der Waals surface area contributed by atoms with Gasteiger partial charge in [0.05, 0.1) is 0 Å². The molecule has 28 heavy (non-hydrogen) atoms. The molecule has 2 aromatic rings. The number of nitrogens with zero attached hydrogens (tertiary/aromatic N) is 2. The molecular weight excluding hydrogens is 357 g/mol. The van der Waals surface area contributed by atoms with Crippen molar-refractivity contribution in [2.24, 2.45) is 0 Å². The first-order valence-corrected chi connectivity index (χ1v) is 9.69. The number of rotatable bonds is 6. The van der Waals surface area contributed by atoms with Crippen molar-refractivity contribution in [3.63, 3.8) is 0 Å². The second kappa shape index (κ2) is 9.99. The molecule has 2 aromatic carbocycles. The highest BCUT2D eigenvalue weighted by Gasteiger charge is 2.19. The first kappa shape index (κ1) is 20.0. The second-order valence-electron chi connectivity index (χ2n) is 7.01. The lowest BCUT2D eigenvalue weighted by atomic mass is 10.2. The molecule has 5 nitrogen and oxygen atoms in total. The van der Waals surface area contributed by atoms with Gasteiger partial charge in [-0.3, -0.25) is 14.5 Å². The Morgan fingerprint density at radius 1 is 0.929 bits per heavy atom. The van der Waals surface area contributed by atoms with E-state index in [2.05, 4.69) is 22.3 Å². The maximum Gasteiger partial charge on any atom is 0.251 e. The molecule has 0 spiro atoms. The Hall–Kier alpha value is -2.73. The third kappa shape index (κ3) is 5.89. The zero-order valence-corrected chi connectivity index (χ0v) is 15.9. The summed E-state index contributed by atoms with van der Waals surface area (Å²) in [6.45, 7) is 4.45. The van der Waals surface area contributed by atoms with E-state index in [9.17, 15) is 14.0 Å². The second-order valence-corrected chi connectivity index (χ2v) is 7.01. The maximum atomic E-state index is 12.9. The van der Waals surface area contributed by atoms with E-state index in [0.717, 1.165) is 32.6 Å². The van der Waals surface area contributed by atoms with Gasteiger partial charge in [-0.1, -0.05) is 30.3 Å². The maximum absolute atomic E-state index is 12.9. The minimum absolute atomic E-state index is 0.0565. The number of halogens is 1. The van der Waals surface area contributed by atoms with Crippen molar-refractivity contribution in [1.29, 1.82) is 0 Å². The lowest BCUT2D eigenvalue weighted by molar-refractivity contribution is -0.130. The summed E-state index contributed by atoms with van der Waals surface area (Å²) >= 11 is 0. The number of hydrogen-bond acceptors (Lipinski definition) is 3. The highest BCUT2D eigenvalue weighted by Crippen LogP contribution is 2.10. The van der Waals surface area contributed by atoms with Gasteiger partial charge in [0, 0.05) is 51.3 Å². The van der Waals surface area contributed by atoms with Crippen LogP contribution in [0.3, 0.4) is 0 Å². The summed E-state index contributed by atoms with van der Waals surface area (Å²) in [6, 6.07) is 15.7. The number of nitrogens with one attached hydrogen (secondary N) is 1. The molecule has 1 fully saturated rings. The summed E-state index contributed by atoms with van der Waals surface area (Å²) in [5.74, 6) is -0.618. The van der Waals surface area contributed by atoms with Gasteiger partial charge in [0.2, 0.25) is 5.91 Å². The van der Waals surface area contributed by atoms with Crippen LogP contribution in [0.2, 0.25) is 0 Å². The molecule has 1 N–H and O–H groups in total. The Labute approximate surface area is 165 Å². The first-order valence-electron chi connectivity index (χ1n) is 9.69. The Bertz CT molecular complexity index is 780. The minimum Gasteiger partial charge on any atom is -0.352 e. The van der Waals surface area contributed by atoms with Gasteiger partial charge >= 0.3 is 0 Å². The number of carbonyl (C=O) groups is 2. The fraction of sp³-hybridized carbons (Fsp3) is 0.364. The van der Waals surface area contributed by atoms with Crippen molar-refractivity contribution in [1.82, 2.24) is 15.1 Å². The van der Waals surface area contributed by atoms with E-state index in [1.54, 1.807) is 0 Å². The van der Waals surface area contributed by atoms with E-state index < -0.39 is 0 Å². The van der Waals surface area contributed by atoms with Crippen molar-refractivity contribution >= 4 is 11.8 Å². The predicted molar refractivity (Wildman–Crippen MR) is 106 cm³/mol. The van der Waals surface area contributed by atoms with E-state index in [0.29, 0.717) is 12.1 Å². The minimum atomic E-state index is -0.380. The summed E-state index contributed by atoms with van der Waals surface area (Å²) in [7, 11) is 0. The lowest BCUT2D eigenvalue weighted by Gasteiger charge is -2.22. The van der Waals surface area contributed by atoms with Crippen LogP contribution in [0.15, 0.2) is 54.6 Å². The van der Waals surface area contributed by atoms with Crippen LogP contribution in [0, 0.1) is 5.82 Å². The van der Waals surface area contributed by atoms with Crippen molar-refractivity contribution < 1.29 is 14.0 Å². The van der Waals surface area contributed by atoms with E-state index in [1.165, 1.54) is 29.8 Å². The fourth-order valence-corrected chi connectivity index (χ4v) is 3.36. The summed E-state index contributed by atoms with van der Waals surface area (Å²) in [6.07, 6.45) is 1.21. The number of benzene rings is 2. The van der Waals surface area contributed by atoms with Crippen molar-refractivity contribution in [2.75, 3.05) is 32.7 Å².